The van der Waals surface area contributed by atoms with Gasteiger partial charge in [0.15, 0.2) is 5.75 Å². The first kappa shape index (κ1) is 7.34. The van der Waals surface area contributed by atoms with Gasteiger partial charge in [-0.2, -0.15) is 0 Å². The van der Waals surface area contributed by atoms with Crippen molar-refractivity contribution in [2.45, 2.75) is 0 Å². The lowest BCUT2D eigenvalue weighted by Crippen LogP contribution is -1.87. The molecule has 56 valence electrons. The average Bonchev–Trinajstić information content (AvgIpc) is 2.12. The predicted molar refractivity (Wildman–Crippen MR) is 31.4 cm³/mol. The Labute approximate surface area is 56.5 Å². The van der Waals surface area contributed by atoms with Gasteiger partial charge in [0, 0.05) is 6.07 Å². The third-order valence-electron chi connectivity index (χ3n) is 0.719. The van der Waals surface area contributed by atoms with E-state index in [0.717, 1.165) is 6.26 Å². The van der Waals surface area contributed by atoms with Crippen molar-refractivity contribution in [1.29, 1.82) is 0 Å². The molecule has 1 rings (SSSR count). The summed E-state index contributed by atoms with van der Waals surface area (Å²) in [6.07, 6.45) is 2.35. The smallest absolute Gasteiger partial charge is 0.469 e. The fourth-order valence-electron chi connectivity index (χ4n) is 0.441. The summed E-state index contributed by atoms with van der Waals surface area (Å²) in [6, 6.07) is 1.30. The van der Waals surface area contributed by atoms with Crippen LogP contribution in [0.2, 0.25) is 0 Å². The molecule has 0 unspecified atom stereocenters. The van der Waals surface area contributed by atoms with Gasteiger partial charge in [-0.1, -0.05) is 0 Å². The van der Waals surface area contributed by atoms with E-state index in [9.17, 15) is 4.57 Å². The summed E-state index contributed by atoms with van der Waals surface area (Å²) in [5.41, 5.74) is 0. The SMILES string of the molecule is O=P(O)(O)Oc1ccoc1. The first-order chi connectivity index (χ1) is 4.58. The first-order valence-electron chi connectivity index (χ1n) is 2.35. The van der Waals surface area contributed by atoms with E-state index in [1.807, 2.05) is 0 Å². The standard InChI is InChI=1S/C4H5O5P/c5-10(6,7)9-4-1-2-8-3-4/h1-3H,(H2,5,6,7). The molecule has 0 saturated heterocycles. The van der Waals surface area contributed by atoms with Crippen molar-refractivity contribution in [3.05, 3.63) is 18.6 Å². The molecule has 10 heavy (non-hydrogen) atoms. The molecule has 0 saturated carbocycles. The molecule has 0 aliphatic heterocycles. The maximum absolute atomic E-state index is 10.1. The number of furan rings is 1. The van der Waals surface area contributed by atoms with E-state index in [1.165, 1.54) is 12.3 Å². The van der Waals surface area contributed by atoms with Gasteiger partial charge in [0.2, 0.25) is 0 Å². The Balaban J connectivity index is 2.66. The highest BCUT2D eigenvalue weighted by molar-refractivity contribution is 7.46. The normalized spacial score (nSPS) is 11.4. The van der Waals surface area contributed by atoms with Crippen LogP contribution in [0.5, 0.6) is 5.75 Å². The Morgan fingerprint density at radius 2 is 2.30 bits per heavy atom. The molecule has 0 atom stereocenters. The Kier molecular flexibility index (Phi) is 1.80. The number of hydrogen-bond donors (Lipinski definition) is 2. The van der Waals surface area contributed by atoms with E-state index in [-0.39, 0.29) is 5.75 Å². The zero-order valence-electron chi connectivity index (χ0n) is 4.80. The highest BCUT2D eigenvalue weighted by Crippen LogP contribution is 2.37. The van der Waals surface area contributed by atoms with Crippen molar-refractivity contribution in [2.75, 3.05) is 0 Å². The zero-order chi connectivity index (χ0) is 7.61. The summed E-state index contributed by atoms with van der Waals surface area (Å²) in [5, 5.41) is 0. The second-order valence-electron chi connectivity index (χ2n) is 1.54. The lowest BCUT2D eigenvalue weighted by molar-refractivity contribution is 0.282. The lowest BCUT2D eigenvalue weighted by atomic mass is 10.6. The zero-order valence-corrected chi connectivity index (χ0v) is 5.69. The maximum Gasteiger partial charge on any atom is 0.524 e. The molecule has 0 bridgehead atoms. The molecule has 0 amide bonds. The molecular formula is C4H5O5P. The number of phosphoric acid groups is 1. The van der Waals surface area contributed by atoms with Crippen LogP contribution in [-0.4, -0.2) is 9.79 Å². The molecule has 6 heteroatoms. The monoisotopic (exact) mass is 164 g/mol. The van der Waals surface area contributed by atoms with Gasteiger partial charge in [0.1, 0.15) is 6.26 Å². The Bertz CT molecular complexity index is 234. The van der Waals surface area contributed by atoms with Gasteiger partial charge < -0.3 is 8.94 Å². The molecule has 0 aliphatic rings. The molecule has 1 aromatic rings. The minimum absolute atomic E-state index is 0.0216. The Hall–Kier alpha value is -0.770. The molecule has 1 aromatic heterocycles. The molecule has 1 heterocycles. The number of rotatable bonds is 2. The van der Waals surface area contributed by atoms with Crippen molar-refractivity contribution in [2.24, 2.45) is 0 Å². The summed E-state index contributed by atoms with van der Waals surface area (Å²) < 4.78 is 18.7. The fourth-order valence-corrected chi connectivity index (χ4v) is 0.820. The van der Waals surface area contributed by atoms with E-state index >= 15 is 0 Å². The van der Waals surface area contributed by atoms with E-state index in [4.69, 9.17) is 9.79 Å². The van der Waals surface area contributed by atoms with Crippen LogP contribution in [0.15, 0.2) is 23.0 Å². The quantitative estimate of drug-likeness (QED) is 0.630. The Morgan fingerprint density at radius 1 is 1.60 bits per heavy atom. The van der Waals surface area contributed by atoms with Gasteiger partial charge in [0.05, 0.1) is 6.26 Å². The van der Waals surface area contributed by atoms with Crippen LogP contribution in [0.4, 0.5) is 0 Å². The molecule has 0 fully saturated rings. The van der Waals surface area contributed by atoms with E-state index in [1.54, 1.807) is 0 Å². The second-order valence-corrected chi connectivity index (χ2v) is 2.70. The summed E-state index contributed by atoms with van der Waals surface area (Å²) in [6.45, 7) is 0. The first-order valence-corrected chi connectivity index (χ1v) is 3.88. The van der Waals surface area contributed by atoms with Crippen molar-refractivity contribution in [3.8, 4) is 5.75 Å². The topological polar surface area (TPSA) is 79.9 Å². The van der Waals surface area contributed by atoms with Crippen molar-refractivity contribution >= 4 is 7.82 Å². The average molecular weight is 164 g/mol. The molecule has 0 aromatic carbocycles. The molecule has 0 radical (unpaired) electrons. The van der Waals surface area contributed by atoms with Crippen LogP contribution in [0.25, 0.3) is 0 Å². The summed E-state index contributed by atoms with van der Waals surface area (Å²) in [7, 11) is -4.41. The van der Waals surface area contributed by atoms with E-state index < -0.39 is 7.82 Å². The molecular weight excluding hydrogens is 159 g/mol. The highest BCUT2D eigenvalue weighted by Gasteiger charge is 2.15. The summed E-state index contributed by atoms with van der Waals surface area (Å²) in [5.74, 6) is 0.0216. The van der Waals surface area contributed by atoms with Crippen LogP contribution in [-0.2, 0) is 4.57 Å². The minimum Gasteiger partial charge on any atom is -0.469 e. The van der Waals surface area contributed by atoms with Crippen molar-refractivity contribution < 1.29 is 23.3 Å². The summed E-state index contributed by atoms with van der Waals surface area (Å²) >= 11 is 0. The highest BCUT2D eigenvalue weighted by atomic mass is 31.2. The van der Waals surface area contributed by atoms with Crippen LogP contribution < -0.4 is 4.52 Å². The van der Waals surface area contributed by atoms with Crippen molar-refractivity contribution in [1.82, 2.24) is 0 Å². The van der Waals surface area contributed by atoms with E-state index in [0.29, 0.717) is 0 Å². The molecule has 2 N–H and O–H groups in total. The predicted octanol–water partition coefficient (Wildman–Crippen LogP) is 0.751. The maximum atomic E-state index is 10.1. The fraction of sp³-hybridized carbons (Fsp3) is 0. The molecule has 0 aliphatic carbocycles. The van der Waals surface area contributed by atoms with E-state index in [2.05, 4.69) is 8.94 Å². The van der Waals surface area contributed by atoms with Gasteiger partial charge in [-0.15, -0.1) is 0 Å². The number of hydrogen-bond acceptors (Lipinski definition) is 3. The van der Waals surface area contributed by atoms with Crippen LogP contribution in [0, 0.1) is 0 Å². The van der Waals surface area contributed by atoms with Gasteiger partial charge in [-0.25, -0.2) is 4.57 Å². The largest absolute Gasteiger partial charge is 0.524 e. The van der Waals surface area contributed by atoms with Crippen LogP contribution >= 0.6 is 7.82 Å². The number of phosphoric ester groups is 1. The van der Waals surface area contributed by atoms with Crippen LogP contribution in [0.1, 0.15) is 0 Å². The Morgan fingerprint density at radius 3 is 2.70 bits per heavy atom. The lowest BCUT2D eigenvalue weighted by Gasteiger charge is -2.01. The van der Waals surface area contributed by atoms with Gasteiger partial charge in [-0.3, -0.25) is 9.79 Å². The third kappa shape index (κ3) is 2.23. The minimum atomic E-state index is -4.41. The molecule has 0 spiro atoms. The third-order valence-corrected chi connectivity index (χ3v) is 1.17. The second kappa shape index (κ2) is 2.46. The van der Waals surface area contributed by atoms with Gasteiger partial charge >= 0.3 is 7.82 Å². The van der Waals surface area contributed by atoms with Gasteiger partial charge in [0.25, 0.3) is 0 Å². The summed E-state index contributed by atoms with van der Waals surface area (Å²) in [4.78, 5) is 16.5. The molecule has 5 nitrogen and oxygen atoms in total. The van der Waals surface area contributed by atoms with Crippen LogP contribution in [0.3, 0.4) is 0 Å². The van der Waals surface area contributed by atoms with Gasteiger partial charge in [-0.05, 0) is 0 Å². The van der Waals surface area contributed by atoms with Crippen molar-refractivity contribution in [3.63, 3.8) is 0 Å².